The fourth-order valence-electron chi connectivity index (χ4n) is 1.45. The quantitative estimate of drug-likeness (QED) is 0.867. The van der Waals surface area contributed by atoms with E-state index in [0.29, 0.717) is 13.1 Å². The van der Waals surface area contributed by atoms with Crippen molar-refractivity contribution in [2.24, 2.45) is 0 Å². The fourth-order valence-corrected chi connectivity index (χ4v) is 1.45. The first-order valence-electron chi connectivity index (χ1n) is 5.51. The van der Waals surface area contributed by atoms with Gasteiger partial charge in [-0.2, -0.15) is 0 Å². The van der Waals surface area contributed by atoms with E-state index in [1.54, 1.807) is 0 Å². The maximum Gasteiger partial charge on any atom is 0.321 e. The van der Waals surface area contributed by atoms with Crippen molar-refractivity contribution in [2.75, 3.05) is 18.4 Å². The first kappa shape index (κ1) is 13.4. The van der Waals surface area contributed by atoms with Crippen molar-refractivity contribution in [3.63, 3.8) is 0 Å². The number of carbonyl (C=O) groups is 1. The van der Waals surface area contributed by atoms with Gasteiger partial charge >= 0.3 is 6.03 Å². The lowest BCUT2D eigenvalue weighted by Gasteiger charge is -2.19. The van der Waals surface area contributed by atoms with E-state index in [1.165, 1.54) is 11.8 Å². The van der Waals surface area contributed by atoms with E-state index in [4.69, 9.17) is 0 Å². The molecule has 0 aliphatic rings. The number of benzene rings is 1. The summed E-state index contributed by atoms with van der Waals surface area (Å²) in [6, 6.07) is 1.62. The highest BCUT2D eigenvalue weighted by Gasteiger charge is 2.13. The van der Waals surface area contributed by atoms with E-state index in [1.807, 2.05) is 13.8 Å². The normalized spacial score (nSPS) is 10.2. The first-order chi connectivity index (χ1) is 7.99. The molecule has 0 heterocycles. The molecule has 0 radical (unpaired) electrons. The maximum atomic E-state index is 13.5. The maximum absolute atomic E-state index is 13.5. The molecule has 3 nitrogen and oxygen atoms in total. The van der Waals surface area contributed by atoms with Gasteiger partial charge in [0, 0.05) is 19.2 Å². The molecular formula is C12H16F2N2O. The molecule has 5 heteroatoms. The second-order valence-corrected chi connectivity index (χ2v) is 3.68. The van der Waals surface area contributed by atoms with Gasteiger partial charge in [-0.1, -0.05) is 0 Å². The molecule has 1 aromatic rings. The summed E-state index contributed by atoms with van der Waals surface area (Å²) in [5, 5.41) is 2.35. The van der Waals surface area contributed by atoms with Gasteiger partial charge in [0.2, 0.25) is 0 Å². The zero-order valence-corrected chi connectivity index (χ0v) is 10.2. The van der Waals surface area contributed by atoms with Crippen LogP contribution in [0, 0.1) is 18.6 Å². The molecule has 1 aromatic carbocycles. The summed E-state index contributed by atoms with van der Waals surface area (Å²) in [7, 11) is 0. The number of amides is 2. The van der Waals surface area contributed by atoms with Gasteiger partial charge < -0.3 is 10.2 Å². The van der Waals surface area contributed by atoms with Gasteiger partial charge in [-0.05, 0) is 32.4 Å². The van der Waals surface area contributed by atoms with Crippen LogP contribution in [-0.2, 0) is 0 Å². The minimum atomic E-state index is -0.635. The van der Waals surface area contributed by atoms with E-state index in [9.17, 15) is 13.6 Å². The zero-order chi connectivity index (χ0) is 13.0. The van der Waals surface area contributed by atoms with Crippen LogP contribution in [0.3, 0.4) is 0 Å². The number of rotatable bonds is 3. The van der Waals surface area contributed by atoms with Crippen LogP contribution < -0.4 is 5.32 Å². The molecule has 0 aliphatic carbocycles. The van der Waals surface area contributed by atoms with Gasteiger partial charge in [-0.15, -0.1) is 0 Å². The Hall–Kier alpha value is -1.65. The molecule has 0 unspecified atom stereocenters. The molecule has 0 aliphatic heterocycles. The van der Waals surface area contributed by atoms with Gasteiger partial charge in [0.15, 0.2) is 0 Å². The molecule has 0 fully saturated rings. The number of halogens is 2. The van der Waals surface area contributed by atoms with Crippen molar-refractivity contribution in [3.8, 4) is 0 Å². The zero-order valence-electron chi connectivity index (χ0n) is 10.2. The lowest BCUT2D eigenvalue weighted by molar-refractivity contribution is 0.217. The van der Waals surface area contributed by atoms with Crippen LogP contribution in [0.2, 0.25) is 0 Å². The van der Waals surface area contributed by atoms with Crippen molar-refractivity contribution in [1.29, 1.82) is 0 Å². The van der Waals surface area contributed by atoms with Gasteiger partial charge in [0.25, 0.3) is 0 Å². The first-order valence-corrected chi connectivity index (χ1v) is 5.51. The van der Waals surface area contributed by atoms with Crippen LogP contribution in [0.1, 0.15) is 19.4 Å². The summed E-state index contributed by atoms with van der Waals surface area (Å²) in [5.74, 6) is -1.18. The third-order valence-corrected chi connectivity index (χ3v) is 2.54. The predicted molar refractivity (Wildman–Crippen MR) is 63.0 cm³/mol. The van der Waals surface area contributed by atoms with E-state index in [0.717, 1.165) is 12.1 Å². The molecular weight excluding hydrogens is 226 g/mol. The van der Waals surface area contributed by atoms with Gasteiger partial charge in [0.05, 0.1) is 5.69 Å². The Morgan fingerprint density at radius 3 is 2.35 bits per heavy atom. The van der Waals surface area contributed by atoms with Crippen LogP contribution in [0.4, 0.5) is 19.3 Å². The van der Waals surface area contributed by atoms with Crippen molar-refractivity contribution in [3.05, 3.63) is 29.3 Å². The monoisotopic (exact) mass is 242 g/mol. The van der Waals surface area contributed by atoms with E-state index >= 15 is 0 Å². The molecule has 0 aromatic heterocycles. The lowest BCUT2D eigenvalue weighted by Crippen LogP contribution is -2.34. The number of nitrogens with one attached hydrogen (secondary N) is 1. The van der Waals surface area contributed by atoms with Crippen LogP contribution >= 0.6 is 0 Å². The highest BCUT2D eigenvalue weighted by Crippen LogP contribution is 2.19. The highest BCUT2D eigenvalue weighted by atomic mass is 19.1. The molecule has 1 N–H and O–H groups in total. The third-order valence-electron chi connectivity index (χ3n) is 2.54. The summed E-state index contributed by atoms with van der Waals surface area (Å²) in [6.07, 6.45) is 0. The van der Waals surface area contributed by atoms with Crippen LogP contribution in [-0.4, -0.2) is 24.0 Å². The molecule has 2 amide bonds. The average Bonchev–Trinajstić information content (AvgIpc) is 2.27. The molecule has 94 valence electrons. The molecule has 17 heavy (non-hydrogen) atoms. The topological polar surface area (TPSA) is 32.3 Å². The van der Waals surface area contributed by atoms with E-state index < -0.39 is 17.7 Å². The summed E-state index contributed by atoms with van der Waals surface area (Å²) in [6.45, 7) is 6.12. The number of nitrogens with zero attached hydrogens (tertiary/aromatic N) is 1. The standard InChI is InChI=1S/C12H16F2N2O/c1-4-16(5-2)12(17)15-11-7-9(13)8(3)6-10(11)14/h6-7H,4-5H2,1-3H3,(H,15,17). The fraction of sp³-hybridized carbons (Fsp3) is 0.417. The molecule has 0 bridgehead atoms. The van der Waals surface area contributed by atoms with E-state index in [2.05, 4.69) is 5.32 Å². The smallest absolute Gasteiger partial charge is 0.321 e. The molecule has 0 saturated heterocycles. The number of aryl methyl sites for hydroxylation is 1. The Morgan fingerprint density at radius 1 is 1.24 bits per heavy atom. The number of carbonyl (C=O) groups excluding carboxylic acids is 1. The van der Waals surface area contributed by atoms with Gasteiger partial charge in [-0.25, -0.2) is 13.6 Å². The molecule has 0 saturated carbocycles. The lowest BCUT2D eigenvalue weighted by atomic mass is 10.2. The number of hydrogen-bond donors (Lipinski definition) is 1. The summed E-state index contributed by atoms with van der Waals surface area (Å²) in [4.78, 5) is 13.1. The van der Waals surface area contributed by atoms with Crippen molar-refractivity contribution >= 4 is 11.7 Å². The Kier molecular flexibility index (Phi) is 4.43. The Bertz CT molecular complexity index is 417. The van der Waals surface area contributed by atoms with E-state index in [-0.39, 0.29) is 11.3 Å². The van der Waals surface area contributed by atoms with Crippen molar-refractivity contribution in [1.82, 2.24) is 4.90 Å². The van der Waals surface area contributed by atoms with Crippen LogP contribution in [0.25, 0.3) is 0 Å². The SMILES string of the molecule is CCN(CC)C(=O)Nc1cc(F)c(C)cc1F. The summed E-state index contributed by atoms with van der Waals surface area (Å²) < 4.78 is 26.7. The number of urea groups is 1. The predicted octanol–water partition coefficient (Wildman–Crippen LogP) is 3.15. The van der Waals surface area contributed by atoms with Crippen molar-refractivity contribution in [2.45, 2.75) is 20.8 Å². The average molecular weight is 242 g/mol. The van der Waals surface area contributed by atoms with Gasteiger partial charge in [-0.3, -0.25) is 0 Å². The minimum absolute atomic E-state index is 0.134. The Balaban J connectivity index is 2.88. The Labute approximate surface area is 99.4 Å². The van der Waals surface area contributed by atoms with Crippen LogP contribution in [0.5, 0.6) is 0 Å². The summed E-state index contributed by atoms with van der Waals surface area (Å²) >= 11 is 0. The third kappa shape index (κ3) is 3.15. The largest absolute Gasteiger partial charge is 0.325 e. The van der Waals surface area contributed by atoms with Crippen LogP contribution in [0.15, 0.2) is 12.1 Å². The second-order valence-electron chi connectivity index (χ2n) is 3.68. The second kappa shape index (κ2) is 5.61. The van der Waals surface area contributed by atoms with Crippen molar-refractivity contribution < 1.29 is 13.6 Å². The summed E-state index contributed by atoms with van der Waals surface area (Å²) in [5.41, 5.74) is 0.0772. The Morgan fingerprint density at radius 2 is 1.82 bits per heavy atom. The minimum Gasteiger partial charge on any atom is -0.325 e. The number of hydrogen-bond acceptors (Lipinski definition) is 1. The molecule has 1 rings (SSSR count). The molecule has 0 spiro atoms. The van der Waals surface area contributed by atoms with Gasteiger partial charge in [0.1, 0.15) is 11.6 Å². The number of anilines is 1. The highest BCUT2D eigenvalue weighted by molar-refractivity contribution is 5.89. The molecule has 0 atom stereocenters.